The molecule has 5 nitrogen and oxygen atoms in total. The molecule has 0 unspecified atom stereocenters. The summed E-state index contributed by atoms with van der Waals surface area (Å²) >= 11 is 0. The summed E-state index contributed by atoms with van der Waals surface area (Å²) in [5.74, 6) is 0.162. The molecule has 1 aromatic heterocycles. The fraction of sp³-hybridized carbons (Fsp3) is 0.267. The first-order chi connectivity index (χ1) is 10.2. The molecule has 0 aliphatic rings. The van der Waals surface area contributed by atoms with E-state index in [0.717, 1.165) is 12.1 Å². The first kappa shape index (κ1) is 16.2. The molecule has 7 heteroatoms. The van der Waals surface area contributed by atoms with Crippen LogP contribution in [0, 0.1) is 5.82 Å². The lowest BCUT2D eigenvalue weighted by Crippen LogP contribution is -2.26. The molecule has 0 bridgehead atoms. The van der Waals surface area contributed by atoms with E-state index in [0.29, 0.717) is 11.5 Å². The minimum Gasteiger partial charge on any atom is -0.365 e. The van der Waals surface area contributed by atoms with Crippen molar-refractivity contribution in [3.05, 3.63) is 48.4 Å². The van der Waals surface area contributed by atoms with Crippen molar-refractivity contribution >= 4 is 21.5 Å². The zero-order valence-electron chi connectivity index (χ0n) is 12.6. The van der Waals surface area contributed by atoms with Gasteiger partial charge < -0.3 is 5.32 Å². The van der Waals surface area contributed by atoms with Gasteiger partial charge in [-0.3, -0.25) is 4.72 Å². The molecular formula is C15H18FN3O2S. The van der Waals surface area contributed by atoms with E-state index < -0.39 is 15.8 Å². The largest absolute Gasteiger partial charge is 0.365 e. The van der Waals surface area contributed by atoms with Crippen LogP contribution in [-0.2, 0) is 10.0 Å². The average molecular weight is 323 g/mol. The maximum Gasteiger partial charge on any atom is 0.261 e. The minimum atomic E-state index is -3.76. The van der Waals surface area contributed by atoms with Crippen molar-refractivity contribution in [3.8, 4) is 0 Å². The molecule has 0 amide bonds. The lowest BCUT2D eigenvalue weighted by molar-refractivity contribution is 0.599. The van der Waals surface area contributed by atoms with Gasteiger partial charge in [-0.25, -0.2) is 17.8 Å². The Bertz CT molecular complexity index is 736. The number of halogens is 1. The van der Waals surface area contributed by atoms with Gasteiger partial charge in [0, 0.05) is 5.54 Å². The lowest BCUT2D eigenvalue weighted by atomic mass is 10.1. The molecule has 0 saturated heterocycles. The third-order valence-electron chi connectivity index (χ3n) is 2.64. The molecule has 1 aromatic carbocycles. The van der Waals surface area contributed by atoms with Gasteiger partial charge in [-0.05, 0) is 57.2 Å². The van der Waals surface area contributed by atoms with Crippen LogP contribution in [0.3, 0.4) is 0 Å². The predicted octanol–water partition coefficient (Wildman–Crippen LogP) is 3.23. The van der Waals surface area contributed by atoms with E-state index in [1.54, 1.807) is 12.1 Å². The molecule has 1 heterocycles. The van der Waals surface area contributed by atoms with E-state index in [-0.39, 0.29) is 10.4 Å². The van der Waals surface area contributed by atoms with Crippen LogP contribution in [-0.4, -0.2) is 18.9 Å². The number of anilines is 2. The first-order valence-electron chi connectivity index (χ1n) is 6.68. The van der Waals surface area contributed by atoms with E-state index >= 15 is 0 Å². The van der Waals surface area contributed by atoms with E-state index in [1.165, 1.54) is 18.3 Å². The van der Waals surface area contributed by atoms with Crippen LogP contribution in [0.1, 0.15) is 20.8 Å². The van der Waals surface area contributed by atoms with Gasteiger partial charge in [0.15, 0.2) is 0 Å². The molecule has 0 saturated carbocycles. The summed E-state index contributed by atoms with van der Waals surface area (Å²) in [6.45, 7) is 6.00. The molecule has 2 rings (SSSR count). The summed E-state index contributed by atoms with van der Waals surface area (Å²) in [6, 6.07) is 7.92. The summed E-state index contributed by atoms with van der Waals surface area (Å²) in [4.78, 5) is 4.15. The van der Waals surface area contributed by atoms with Crippen LogP contribution in [0.2, 0.25) is 0 Å². The summed E-state index contributed by atoms with van der Waals surface area (Å²) in [5, 5.41) is 3.18. The zero-order chi connectivity index (χ0) is 16.4. The third kappa shape index (κ3) is 4.42. The standard InChI is InChI=1S/C15H18FN3O2S/c1-15(2,3)18-14-9-6-12(10-17-14)19-22(20,21)13-7-4-11(16)5-8-13/h4-10,19H,1-3H3,(H,17,18). The Hall–Kier alpha value is -2.15. The molecular weight excluding hydrogens is 305 g/mol. The lowest BCUT2D eigenvalue weighted by Gasteiger charge is -2.21. The normalized spacial score (nSPS) is 12.0. The number of pyridine rings is 1. The van der Waals surface area contributed by atoms with Gasteiger partial charge in [0.25, 0.3) is 10.0 Å². The number of rotatable bonds is 4. The van der Waals surface area contributed by atoms with Gasteiger partial charge in [0.1, 0.15) is 11.6 Å². The number of nitrogens with zero attached hydrogens (tertiary/aromatic N) is 1. The Labute approximate surface area is 129 Å². The smallest absolute Gasteiger partial charge is 0.261 e. The quantitative estimate of drug-likeness (QED) is 0.906. The maximum atomic E-state index is 12.8. The van der Waals surface area contributed by atoms with Crippen LogP contribution in [0.5, 0.6) is 0 Å². The summed E-state index contributed by atoms with van der Waals surface area (Å²) in [6.07, 6.45) is 1.43. The van der Waals surface area contributed by atoms with E-state index in [2.05, 4.69) is 15.0 Å². The highest BCUT2D eigenvalue weighted by Gasteiger charge is 2.15. The van der Waals surface area contributed by atoms with E-state index in [4.69, 9.17) is 0 Å². The molecule has 0 fully saturated rings. The van der Waals surface area contributed by atoms with Gasteiger partial charge in [-0.15, -0.1) is 0 Å². The van der Waals surface area contributed by atoms with Crippen molar-refractivity contribution in [2.24, 2.45) is 0 Å². The molecule has 0 aliphatic carbocycles. The van der Waals surface area contributed by atoms with E-state index in [1.807, 2.05) is 20.8 Å². The maximum absolute atomic E-state index is 12.8. The molecule has 22 heavy (non-hydrogen) atoms. The summed E-state index contributed by atoms with van der Waals surface area (Å²) in [5.41, 5.74) is 0.200. The SMILES string of the molecule is CC(C)(C)Nc1ccc(NS(=O)(=O)c2ccc(F)cc2)cn1. The Morgan fingerprint density at radius 1 is 1.05 bits per heavy atom. The van der Waals surface area contributed by atoms with Gasteiger partial charge in [-0.1, -0.05) is 0 Å². The Kier molecular flexibility index (Phi) is 4.37. The van der Waals surface area contributed by atoms with Crippen molar-refractivity contribution in [2.45, 2.75) is 31.2 Å². The molecule has 2 N–H and O–H groups in total. The van der Waals surface area contributed by atoms with Gasteiger partial charge in [-0.2, -0.15) is 0 Å². The van der Waals surface area contributed by atoms with Crippen molar-refractivity contribution in [2.75, 3.05) is 10.0 Å². The molecule has 0 radical (unpaired) electrons. The highest BCUT2D eigenvalue weighted by atomic mass is 32.2. The van der Waals surface area contributed by atoms with Crippen LogP contribution >= 0.6 is 0 Å². The number of nitrogens with one attached hydrogen (secondary N) is 2. The number of hydrogen-bond donors (Lipinski definition) is 2. The monoisotopic (exact) mass is 323 g/mol. The number of benzene rings is 1. The number of hydrogen-bond acceptors (Lipinski definition) is 4. The number of sulfonamides is 1. The second-order valence-electron chi connectivity index (χ2n) is 5.87. The summed E-state index contributed by atoms with van der Waals surface area (Å²) in [7, 11) is -3.76. The molecule has 0 spiro atoms. The van der Waals surface area contributed by atoms with E-state index in [9.17, 15) is 12.8 Å². The van der Waals surface area contributed by atoms with Gasteiger partial charge >= 0.3 is 0 Å². The topological polar surface area (TPSA) is 71.1 Å². The zero-order valence-corrected chi connectivity index (χ0v) is 13.4. The first-order valence-corrected chi connectivity index (χ1v) is 8.17. The summed E-state index contributed by atoms with van der Waals surface area (Å²) < 4.78 is 39.6. The Morgan fingerprint density at radius 2 is 1.68 bits per heavy atom. The predicted molar refractivity (Wildman–Crippen MR) is 84.8 cm³/mol. The fourth-order valence-electron chi connectivity index (χ4n) is 1.74. The Balaban J connectivity index is 2.14. The van der Waals surface area contributed by atoms with Crippen LogP contribution in [0.25, 0.3) is 0 Å². The highest BCUT2D eigenvalue weighted by Crippen LogP contribution is 2.18. The van der Waals surface area contributed by atoms with Gasteiger partial charge in [0.2, 0.25) is 0 Å². The number of aromatic nitrogens is 1. The van der Waals surface area contributed by atoms with Crippen LogP contribution in [0.15, 0.2) is 47.5 Å². The second-order valence-corrected chi connectivity index (χ2v) is 7.55. The molecule has 2 aromatic rings. The van der Waals surface area contributed by atoms with Crippen LogP contribution in [0.4, 0.5) is 15.9 Å². The van der Waals surface area contributed by atoms with Crippen molar-refractivity contribution < 1.29 is 12.8 Å². The molecule has 118 valence electrons. The van der Waals surface area contributed by atoms with Crippen LogP contribution < -0.4 is 10.0 Å². The van der Waals surface area contributed by atoms with Gasteiger partial charge in [0.05, 0.1) is 16.8 Å². The second kappa shape index (κ2) is 5.92. The molecule has 0 aliphatic heterocycles. The minimum absolute atomic E-state index is 0.00852. The third-order valence-corrected chi connectivity index (χ3v) is 4.04. The Morgan fingerprint density at radius 3 is 2.18 bits per heavy atom. The van der Waals surface area contributed by atoms with Crippen molar-refractivity contribution in [1.82, 2.24) is 4.98 Å². The molecule has 0 atom stereocenters. The van der Waals surface area contributed by atoms with Crippen molar-refractivity contribution in [3.63, 3.8) is 0 Å². The fourth-order valence-corrected chi connectivity index (χ4v) is 2.78. The highest BCUT2D eigenvalue weighted by molar-refractivity contribution is 7.92. The average Bonchev–Trinajstić information content (AvgIpc) is 2.39. The van der Waals surface area contributed by atoms with Crippen molar-refractivity contribution in [1.29, 1.82) is 0 Å².